The van der Waals surface area contributed by atoms with E-state index in [4.69, 9.17) is 0 Å². The Labute approximate surface area is 116 Å². The summed E-state index contributed by atoms with van der Waals surface area (Å²) >= 11 is 0. The number of anilines is 1. The average Bonchev–Trinajstić information content (AvgIpc) is 2.82. The molecule has 0 radical (unpaired) electrons. The smallest absolute Gasteiger partial charge is 0.177 e. The van der Waals surface area contributed by atoms with Crippen molar-refractivity contribution in [3.63, 3.8) is 0 Å². The van der Waals surface area contributed by atoms with Crippen LogP contribution in [0.1, 0.15) is 12.8 Å². The normalized spacial score (nSPS) is 26.9. The largest absolute Gasteiger partial charge is 0.391 e. The highest BCUT2D eigenvalue weighted by molar-refractivity contribution is 5.47. The van der Waals surface area contributed by atoms with Crippen LogP contribution in [-0.2, 0) is 0 Å². The number of hydrogen-bond donors (Lipinski definition) is 1. The van der Waals surface area contributed by atoms with E-state index in [2.05, 4.69) is 32.1 Å². The summed E-state index contributed by atoms with van der Waals surface area (Å²) in [5.74, 6) is 0.955. The van der Waals surface area contributed by atoms with Gasteiger partial charge < -0.3 is 10.0 Å². The van der Waals surface area contributed by atoms with E-state index in [1.54, 1.807) is 10.8 Å². The maximum absolute atomic E-state index is 9.74. The van der Waals surface area contributed by atoms with Crippen LogP contribution in [0.3, 0.4) is 0 Å². The summed E-state index contributed by atoms with van der Waals surface area (Å²) in [4.78, 5) is 4.56. The molecule has 3 heterocycles. The third-order valence-electron chi connectivity index (χ3n) is 4.64. The molecule has 7 heteroatoms. The molecule has 1 saturated heterocycles. The first kappa shape index (κ1) is 12.0. The topological polar surface area (TPSA) is 69.8 Å². The van der Waals surface area contributed by atoms with Gasteiger partial charge in [0.05, 0.1) is 6.10 Å². The monoisotopic (exact) mass is 274 g/mol. The maximum Gasteiger partial charge on any atom is 0.177 e. The van der Waals surface area contributed by atoms with Gasteiger partial charge in [0.25, 0.3) is 0 Å². The van der Waals surface area contributed by atoms with Crippen LogP contribution in [0.4, 0.5) is 5.82 Å². The first-order valence-corrected chi connectivity index (χ1v) is 7.04. The standard InChI is InChI=1S/C13H18N6O/c1-17(10-2-3-11(10)20)9-6-18(7-9)13-5-4-12-15-14-8-19(12)16-13/h4-5,8-11,20H,2-3,6-7H2,1H3. The van der Waals surface area contributed by atoms with Crippen molar-refractivity contribution in [3.05, 3.63) is 18.5 Å². The van der Waals surface area contributed by atoms with E-state index < -0.39 is 0 Å². The number of aliphatic hydroxyl groups is 1. The van der Waals surface area contributed by atoms with E-state index in [0.29, 0.717) is 12.1 Å². The van der Waals surface area contributed by atoms with Gasteiger partial charge in [-0.3, -0.25) is 4.90 Å². The molecule has 106 valence electrons. The Morgan fingerprint density at radius 1 is 1.30 bits per heavy atom. The minimum absolute atomic E-state index is 0.138. The van der Waals surface area contributed by atoms with Crippen LogP contribution in [-0.4, -0.2) is 68.1 Å². The molecule has 1 N–H and O–H groups in total. The minimum atomic E-state index is -0.138. The number of aromatic nitrogens is 4. The van der Waals surface area contributed by atoms with Gasteiger partial charge in [0.1, 0.15) is 12.1 Å². The molecule has 2 unspecified atom stereocenters. The lowest BCUT2D eigenvalue weighted by Gasteiger charge is -2.50. The second-order valence-corrected chi connectivity index (χ2v) is 5.76. The van der Waals surface area contributed by atoms with Crippen LogP contribution >= 0.6 is 0 Å². The van der Waals surface area contributed by atoms with Gasteiger partial charge in [0, 0.05) is 25.2 Å². The summed E-state index contributed by atoms with van der Waals surface area (Å²) in [6.45, 7) is 1.92. The SMILES string of the molecule is CN(C1CN(c2ccc3nncn3n2)C1)C1CCC1O. The summed E-state index contributed by atoms with van der Waals surface area (Å²) in [7, 11) is 2.12. The number of aliphatic hydroxyl groups excluding tert-OH is 1. The van der Waals surface area contributed by atoms with E-state index in [1.165, 1.54) is 0 Å². The van der Waals surface area contributed by atoms with Crippen LogP contribution in [0.15, 0.2) is 18.5 Å². The Bertz CT molecular complexity index is 622. The van der Waals surface area contributed by atoms with Gasteiger partial charge in [0.15, 0.2) is 5.65 Å². The van der Waals surface area contributed by atoms with Crippen molar-refractivity contribution in [1.82, 2.24) is 24.7 Å². The lowest BCUT2D eigenvalue weighted by atomic mass is 9.86. The summed E-state index contributed by atoms with van der Waals surface area (Å²) in [6.07, 6.45) is 3.53. The predicted molar refractivity (Wildman–Crippen MR) is 73.6 cm³/mol. The van der Waals surface area contributed by atoms with Crippen molar-refractivity contribution in [3.8, 4) is 0 Å². The second kappa shape index (κ2) is 4.39. The number of hydrogen-bond acceptors (Lipinski definition) is 6. The summed E-state index contributed by atoms with van der Waals surface area (Å²) in [5, 5.41) is 22.0. The second-order valence-electron chi connectivity index (χ2n) is 5.76. The maximum atomic E-state index is 9.74. The predicted octanol–water partition coefficient (Wildman–Crippen LogP) is -0.232. The zero-order chi connectivity index (χ0) is 13.7. The van der Waals surface area contributed by atoms with E-state index >= 15 is 0 Å². The Morgan fingerprint density at radius 3 is 2.85 bits per heavy atom. The number of likely N-dealkylation sites (N-methyl/N-ethyl adjacent to an activating group) is 1. The van der Waals surface area contributed by atoms with E-state index in [0.717, 1.165) is 37.4 Å². The third-order valence-corrected chi connectivity index (χ3v) is 4.64. The number of rotatable bonds is 3. The highest BCUT2D eigenvalue weighted by Gasteiger charge is 2.40. The molecule has 2 aromatic rings. The van der Waals surface area contributed by atoms with Crippen LogP contribution in [0.25, 0.3) is 5.65 Å². The van der Waals surface area contributed by atoms with Gasteiger partial charge >= 0.3 is 0 Å². The molecule has 0 aromatic carbocycles. The fourth-order valence-electron chi connectivity index (χ4n) is 3.00. The zero-order valence-corrected chi connectivity index (χ0v) is 11.4. The van der Waals surface area contributed by atoms with Gasteiger partial charge in [-0.05, 0) is 32.0 Å². The van der Waals surface area contributed by atoms with Crippen molar-refractivity contribution in [2.75, 3.05) is 25.0 Å². The molecular formula is C13H18N6O. The molecule has 0 amide bonds. The van der Waals surface area contributed by atoms with Crippen molar-refractivity contribution in [2.45, 2.75) is 31.0 Å². The van der Waals surface area contributed by atoms with E-state index in [9.17, 15) is 5.11 Å². The van der Waals surface area contributed by atoms with Crippen LogP contribution < -0.4 is 4.90 Å². The summed E-state index contributed by atoms with van der Waals surface area (Å²) in [5.41, 5.74) is 0.764. The van der Waals surface area contributed by atoms with Gasteiger partial charge in [-0.15, -0.1) is 15.3 Å². The van der Waals surface area contributed by atoms with Crippen molar-refractivity contribution < 1.29 is 5.11 Å². The molecule has 2 aliphatic rings. The molecule has 1 aliphatic heterocycles. The lowest BCUT2D eigenvalue weighted by molar-refractivity contribution is -0.0317. The first-order valence-electron chi connectivity index (χ1n) is 7.04. The van der Waals surface area contributed by atoms with Crippen LogP contribution in [0.5, 0.6) is 0 Å². The quantitative estimate of drug-likeness (QED) is 0.833. The fraction of sp³-hybridized carbons (Fsp3) is 0.615. The van der Waals surface area contributed by atoms with Crippen molar-refractivity contribution in [2.24, 2.45) is 0 Å². The Hall–Kier alpha value is -1.73. The molecule has 0 spiro atoms. The molecule has 4 rings (SSSR count). The third kappa shape index (κ3) is 1.77. The number of nitrogens with zero attached hydrogens (tertiary/aromatic N) is 6. The zero-order valence-electron chi connectivity index (χ0n) is 11.4. The summed E-state index contributed by atoms with van der Waals surface area (Å²) in [6, 6.07) is 4.77. The van der Waals surface area contributed by atoms with E-state index in [1.807, 2.05) is 12.1 Å². The van der Waals surface area contributed by atoms with Gasteiger partial charge in [0.2, 0.25) is 0 Å². The first-order chi connectivity index (χ1) is 9.72. The highest BCUT2D eigenvalue weighted by Crippen LogP contribution is 2.29. The minimum Gasteiger partial charge on any atom is -0.391 e. The number of fused-ring (bicyclic) bond motifs is 1. The van der Waals surface area contributed by atoms with Gasteiger partial charge in [-0.25, -0.2) is 0 Å². The van der Waals surface area contributed by atoms with Crippen molar-refractivity contribution in [1.29, 1.82) is 0 Å². The Balaban J connectivity index is 1.42. The Morgan fingerprint density at radius 2 is 2.15 bits per heavy atom. The van der Waals surface area contributed by atoms with E-state index in [-0.39, 0.29) is 6.10 Å². The average molecular weight is 274 g/mol. The molecule has 1 aliphatic carbocycles. The van der Waals surface area contributed by atoms with Crippen molar-refractivity contribution >= 4 is 11.5 Å². The molecule has 2 atom stereocenters. The molecule has 7 nitrogen and oxygen atoms in total. The Kier molecular flexibility index (Phi) is 2.64. The van der Waals surface area contributed by atoms with Crippen LogP contribution in [0.2, 0.25) is 0 Å². The molecular weight excluding hydrogens is 256 g/mol. The molecule has 2 aromatic heterocycles. The molecule has 0 bridgehead atoms. The van der Waals surface area contributed by atoms with Gasteiger partial charge in [-0.1, -0.05) is 0 Å². The molecule has 1 saturated carbocycles. The highest BCUT2D eigenvalue weighted by atomic mass is 16.3. The molecule has 20 heavy (non-hydrogen) atoms. The molecule has 2 fully saturated rings. The van der Waals surface area contributed by atoms with Crippen LogP contribution in [0, 0.1) is 0 Å². The van der Waals surface area contributed by atoms with Gasteiger partial charge in [-0.2, -0.15) is 4.52 Å². The summed E-state index contributed by atoms with van der Waals surface area (Å²) < 4.78 is 1.70. The lowest BCUT2D eigenvalue weighted by Crippen LogP contribution is -2.64. The fourth-order valence-corrected chi connectivity index (χ4v) is 3.00.